The molecule has 0 aliphatic carbocycles. The summed E-state index contributed by atoms with van der Waals surface area (Å²) >= 11 is 0. The molecule has 0 spiro atoms. The van der Waals surface area contributed by atoms with Gasteiger partial charge in [-0.05, 0) is 31.4 Å². The Labute approximate surface area is 132 Å². The molecule has 0 aliphatic rings. The van der Waals surface area contributed by atoms with Crippen molar-refractivity contribution in [1.82, 2.24) is 0 Å². The highest BCUT2D eigenvalue weighted by Gasteiger charge is 2.02. The van der Waals surface area contributed by atoms with E-state index in [1.807, 2.05) is 13.0 Å². The van der Waals surface area contributed by atoms with Gasteiger partial charge in [-0.3, -0.25) is 0 Å². The molecule has 0 heterocycles. The molecule has 0 aliphatic heterocycles. The molecule has 0 saturated heterocycles. The van der Waals surface area contributed by atoms with Crippen molar-refractivity contribution in [3.8, 4) is 5.75 Å². The minimum atomic E-state index is 1.02. The van der Waals surface area contributed by atoms with Crippen LogP contribution < -0.4 is 4.74 Å². The van der Waals surface area contributed by atoms with Crippen molar-refractivity contribution in [3.63, 3.8) is 0 Å². The summed E-state index contributed by atoms with van der Waals surface area (Å²) in [6.07, 6.45) is 15.0. The average molecular weight is 289 g/mol. The fourth-order valence-electron chi connectivity index (χ4n) is 2.76. The zero-order chi connectivity index (χ0) is 15.2. The molecule has 21 heavy (non-hydrogen) atoms. The van der Waals surface area contributed by atoms with E-state index in [1.165, 1.54) is 69.8 Å². The molecule has 0 N–H and O–H groups in total. The normalized spacial score (nSPS) is 10.8. The second kappa shape index (κ2) is 12.7. The first kappa shape index (κ1) is 18.1. The summed E-state index contributed by atoms with van der Waals surface area (Å²) in [6.45, 7) is 5.97. The van der Waals surface area contributed by atoms with Crippen LogP contribution in [0.15, 0.2) is 24.3 Å². The van der Waals surface area contributed by atoms with Crippen LogP contribution in [0.2, 0.25) is 0 Å². The number of hydrogen-bond donors (Lipinski definition) is 0. The van der Waals surface area contributed by atoms with E-state index in [-0.39, 0.29) is 0 Å². The predicted molar refractivity (Wildman–Crippen MR) is 92.6 cm³/mol. The molecule has 1 aromatic carbocycles. The summed E-state index contributed by atoms with van der Waals surface area (Å²) in [6, 6.07) is 8.40. The minimum absolute atomic E-state index is 1.02. The molecule has 0 saturated carbocycles. The van der Waals surface area contributed by atoms with E-state index < -0.39 is 0 Å². The van der Waals surface area contributed by atoms with E-state index >= 15 is 0 Å². The molecule has 119 valence electrons. The standard InChI is InChI=1S/C20H33O/c1-3-5-6-7-8-9-10-11-12-13-16-19-17-14-15-18-20(19)21-4-2/h4,14-15,17-18H,3,5-13,16H2,1-2H3. The SMILES string of the molecule is C[CH]Oc1ccccc1CCCCCCCCCCCC. The highest BCUT2D eigenvalue weighted by molar-refractivity contribution is 5.33. The molecule has 1 radical (unpaired) electrons. The van der Waals surface area contributed by atoms with E-state index in [9.17, 15) is 0 Å². The molecule has 1 nitrogen and oxygen atoms in total. The molecular weight excluding hydrogens is 256 g/mol. The maximum atomic E-state index is 5.55. The van der Waals surface area contributed by atoms with Gasteiger partial charge in [-0.25, -0.2) is 0 Å². The first-order valence-corrected chi connectivity index (χ1v) is 8.91. The maximum absolute atomic E-state index is 5.55. The molecule has 1 rings (SSSR count). The second-order valence-electron chi connectivity index (χ2n) is 5.89. The zero-order valence-electron chi connectivity index (χ0n) is 14.1. The van der Waals surface area contributed by atoms with Crippen molar-refractivity contribution in [3.05, 3.63) is 36.4 Å². The van der Waals surface area contributed by atoms with Crippen molar-refractivity contribution in [1.29, 1.82) is 0 Å². The van der Waals surface area contributed by atoms with Gasteiger partial charge in [0.2, 0.25) is 0 Å². The minimum Gasteiger partial charge on any atom is -0.487 e. The van der Waals surface area contributed by atoms with E-state index in [1.54, 1.807) is 6.61 Å². The summed E-state index contributed by atoms with van der Waals surface area (Å²) in [5.74, 6) is 1.02. The van der Waals surface area contributed by atoms with E-state index in [2.05, 4.69) is 25.1 Å². The Balaban J connectivity index is 2.01. The third-order valence-corrected chi connectivity index (χ3v) is 4.02. The zero-order valence-corrected chi connectivity index (χ0v) is 14.1. The molecule has 0 unspecified atom stereocenters. The molecule has 1 heteroatoms. The van der Waals surface area contributed by atoms with Gasteiger partial charge in [0.1, 0.15) is 12.4 Å². The molecule has 0 bridgehead atoms. The highest BCUT2D eigenvalue weighted by Crippen LogP contribution is 2.21. The van der Waals surface area contributed by atoms with Gasteiger partial charge in [0.25, 0.3) is 0 Å². The Morgan fingerprint density at radius 1 is 0.810 bits per heavy atom. The predicted octanol–water partition coefficient (Wildman–Crippen LogP) is 6.71. The number of unbranched alkanes of at least 4 members (excludes halogenated alkanes) is 9. The molecular formula is C20H33O. The summed E-state index contributed by atoms with van der Waals surface area (Å²) in [4.78, 5) is 0. The molecule has 0 amide bonds. The first-order valence-electron chi connectivity index (χ1n) is 8.91. The number of hydrogen-bond acceptors (Lipinski definition) is 1. The van der Waals surface area contributed by atoms with Gasteiger partial charge in [0.15, 0.2) is 0 Å². The summed E-state index contributed by atoms with van der Waals surface area (Å²) < 4.78 is 5.55. The lowest BCUT2D eigenvalue weighted by Gasteiger charge is -2.09. The van der Waals surface area contributed by atoms with Gasteiger partial charge in [-0.15, -0.1) is 0 Å². The van der Waals surface area contributed by atoms with E-state index in [0.717, 1.165) is 12.2 Å². The highest BCUT2D eigenvalue weighted by atomic mass is 16.5. The molecule has 0 atom stereocenters. The van der Waals surface area contributed by atoms with Crippen molar-refractivity contribution in [2.45, 2.75) is 84.5 Å². The molecule has 0 fully saturated rings. The Morgan fingerprint density at radius 2 is 1.38 bits per heavy atom. The van der Waals surface area contributed by atoms with Gasteiger partial charge in [-0.2, -0.15) is 0 Å². The van der Waals surface area contributed by atoms with Gasteiger partial charge in [-0.1, -0.05) is 82.9 Å². The lowest BCUT2D eigenvalue weighted by Crippen LogP contribution is -1.93. The van der Waals surface area contributed by atoms with Crippen LogP contribution in [0.25, 0.3) is 0 Å². The van der Waals surface area contributed by atoms with Gasteiger partial charge in [0, 0.05) is 0 Å². The van der Waals surface area contributed by atoms with E-state index in [4.69, 9.17) is 4.74 Å². The summed E-state index contributed by atoms with van der Waals surface area (Å²) in [5, 5.41) is 0. The fraction of sp³-hybridized carbons (Fsp3) is 0.650. The van der Waals surface area contributed by atoms with Gasteiger partial charge < -0.3 is 4.74 Å². The third-order valence-electron chi connectivity index (χ3n) is 4.02. The number of ether oxygens (including phenoxy) is 1. The monoisotopic (exact) mass is 289 g/mol. The third kappa shape index (κ3) is 8.80. The smallest absolute Gasteiger partial charge is 0.132 e. The fourth-order valence-corrected chi connectivity index (χ4v) is 2.76. The van der Waals surface area contributed by atoms with Crippen LogP contribution in [0.4, 0.5) is 0 Å². The van der Waals surface area contributed by atoms with Crippen LogP contribution in [0.3, 0.4) is 0 Å². The van der Waals surface area contributed by atoms with Crippen LogP contribution in [0, 0.1) is 6.61 Å². The summed E-state index contributed by atoms with van der Waals surface area (Å²) in [5.41, 5.74) is 1.34. The summed E-state index contributed by atoms with van der Waals surface area (Å²) in [7, 11) is 0. The number of para-hydroxylation sites is 1. The van der Waals surface area contributed by atoms with Crippen molar-refractivity contribution < 1.29 is 4.74 Å². The molecule has 0 aromatic heterocycles. The Bertz CT molecular complexity index is 345. The van der Waals surface area contributed by atoms with Crippen molar-refractivity contribution in [2.75, 3.05) is 0 Å². The number of aryl methyl sites for hydroxylation is 1. The Morgan fingerprint density at radius 3 is 2.00 bits per heavy atom. The lowest BCUT2D eigenvalue weighted by atomic mass is 10.0. The van der Waals surface area contributed by atoms with Gasteiger partial charge >= 0.3 is 0 Å². The van der Waals surface area contributed by atoms with Crippen LogP contribution in [0.1, 0.15) is 83.6 Å². The van der Waals surface area contributed by atoms with E-state index in [0.29, 0.717) is 0 Å². The first-order chi connectivity index (χ1) is 10.4. The number of rotatable bonds is 13. The Hall–Kier alpha value is -0.980. The van der Waals surface area contributed by atoms with Crippen molar-refractivity contribution >= 4 is 0 Å². The lowest BCUT2D eigenvalue weighted by molar-refractivity contribution is 0.410. The topological polar surface area (TPSA) is 9.23 Å². The van der Waals surface area contributed by atoms with Gasteiger partial charge in [0.05, 0.1) is 0 Å². The van der Waals surface area contributed by atoms with Crippen LogP contribution in [-0.2, 0) is 6.42 Å². The maximum Gasteiger partial charge on any atom is 0.132 e. The van der Waals surface area contributed by atoms with Crippen molar-refractivity contribution in [2.24, 2.45) is 0 Å². The van der Waals surface area contributed by atoms with Crippen LogP contribution in [-0.4, -0.2) is 0 Å². The van der Waals surface area contributed by atoms with Crippen LogP contribution in [0.5, 0.6) is 5.75 Å². The number of benzene rings is 1. The largest absolute Gasteiger partial charge is 0.487 e. The Kier molecular flexibility index (Phi) is 11.0. The quantitative estimate of drug-likeness (QED) is 0.367. The average Bonchev–Trinajstić information content (AvgIpc) is 2.51. The molecule has 1 aromatic rings. The second-order valence-corrected chi connectivity index (χ2v) is 5.89. The van der Waals surface area contributed by atoms with Crippen LogP contribution >= 0.6 is 0 Å².